The monoisotopic (exact) mass is 421 g/mol. The number of aryl methyl sites for hydroxylation is 1. The lowest BCUT2D eigenvalue weighted by Gasteiger charge is -2.09. The van der Waals surface area contributed by atoms with E-state index in [1.165, 1.54) is 25.5 Å². The molecule has 10 heteroatoms. The molecule has 2 heterocycles. The molecule has 0 aliphatic rings. The van der Waals surface area contributed by atoms with E-state index in [4.69, 9.17) is 13.9 Å². The first-order valence-electron chi connectivity index (χ1n) is 9.08. The molecule has 3 aromatic rings. The Balaban J connectivity index is 1.81. The van der Waals surface area contributed by atoms with Crippen LogP contribution in [0.4, 0.5) is 11.5 Å². The molecule has 0 spiro atoms. The Labute approximate surface area is 177 Å². The Bertz CT molecular complexity index is 1180. The minimum Gasteiger partial charge on any atom is -0.496 e. The van der Waals surface area contributed by atoms with Crippen LogP contribution < -0.4 is 10.2 Å². The quantitative estimate of drug-likeness (QED) is 0.327. The van der Waals surface area contributed by atoms with E-state index in [1.54, 1.807) is 31.4 Å². The Morgan fingerprint density at radius 1 is 1.32 bits per heavy atom. The number of anilines is 1. The van der Waals surface area contributed by atoms with Crippen LogP contribution in [0.25, 0.3) is 11.3 Å². The van der Waals surface area contributed by atoms with Crippen molar-refractivity contribution in [2.24, 2.45) is 5.10 Å². The number of hydrazone groups is 1. The van der Waals surface area contributed by atoms with Crippen molar-refractivity contribution in [2.75, 3.05) is 19.6 Å². The Hall–Kier alpha value is -4.23. The fourth-order valence-corrected chi connectivity index (χ4v) is 2.94. The summed E-state index contributed by atoms with van der Waals surface area (Å²) in [6.07, 6.45) is 1.43. The highest BCUT2D eigenvalue weighted by molar-refractivity contribution is 5.79. The van der Waals surface area contributed by atoms with E-state index in [-0.39, 0.29) is 12.3 Å². The Kier molecular flexibility index (Phi) is 6.59. The summed E-state index contributed by atoms with van der Waals surface area (Å²) in [5.74, 6) is 1.52. The van der Waals surface area contributed by atoms with Gasteiger partial charge < -0.3 is 13.9 Å². The molecular formula is C21H19N5O5. The highest BCUT2D eigenvalue weighted by atomic mass is 16.6. The summed E-state index contributed by atoms with van der Waals surface area (Å²) in [5.41, 5.74) is 5.03. The van der Waals surface area contributed by atoms with Crippen LogP contribution in [-0.4, -0.2) is 30.3 Å². The van der Waals surface area contributed by atoms with Gasteiger partial charge in [-0.2, -0.15) is 10.4 Å². The van der Waals surface area contributed by atoms with Crippen molar-refractivity contribution < 1.29 is 18.8 Å². The smallest absolute Gasteiger partial charge is 0.273 e. The number of furan rings is 1. The molecule has 1 aromatic carbocycles. The standard InChI is InChI=1S/C21H19N5O5/c1-13-8-14(12-29-2)18(10-22)21(24-13)25-23-11-16-5-7-19(31-16)17-6-4-15(26(27)28)9-20(17)30-3/h4-9,11H,12H2,1-3H3,(H,24,25)/b23-11+. The first kappa shape index (κ1) is 21.5. The molecule has 31 heavy (non-hydrogen) atoms. The van der Waals surface area contributed by atoms with Crippen molar-refractivity contribution in [3.05, 3.63) is 69.1 Å². The largest absolute Gasteiger partial charge is 0.496 e. The van der Waals surface area contributed by atoms with E-state index in [0.717, 1.165) is 0 Å². The van der Waals surface area contributed by atoms with Gasteiger partial charge in [-0.1, -0.05) is 0 Å². The van der Waals surface area contributed by atoms with E-state index in [2.05, 4.69) is 21.6 Å². The van der Waals surface area contributed by atoms with Gasteiger partial charge in [0.2, 0.25) is 0 Å². The van der Waals surface area contributed by atoms with Gasteiger partial charge in [-0.15, -0.1) is 0 Å². The molecule has 0 unspecified atom stereocenters. The second-order valence-electron chi connectivity index (χ2n) is 6.40. The number of non-ortho nitro benzene ring substituents is 1. The number of aromatic nitrogens is 1. The van der Waals surface area contributed by atoms with Crippen LogP contribution in [0.3, 0.4) is 0 Å². The molecule has 0 saturated heterocycles. The molecule has 0 aliphatic heterocycles. The van der Waals surface area contributed by atoms with Gasteiger partial charge in [0.15, 0.2) is 5.82 Å². The van der Waals surface area contributed by atoms with Crippen LogP contribution in [0.2, 0.25) is 0 Å². The number of nitriles is 1. The molecule has 0 radical (unpaired) electrons. The van der Waals surface area contributed by atoms with E-state index >= 15 is 0 Å². The zero-order chi connectivity index (χ0) is 22.4. The van der Waals surface area contributed by atoms with Crippen LogP contribution in [0.5, 0.6) is 5.75 Å². The van der Waals surface area contributed by atoms with Gasteiger partial charge in [0.05, 0.1) is 36.5 Å². The molecule has 0 aliphatic carbocycles. The van der Waals surface area contributed by atoms with E-state index in [0.29, 0.717) is 45.5 Å². The molecule has 0 fully saturated rings. The number of nitro benzene ring substituents is 1. The minimum absolute atomic E-state index is 0.0788. The van der Waals surface area contributed by atoms with E-state index in [1.807, 2.05) is 6.92 Å². The number of benzene rings is 1. The van der Waals surface area contributed by atoms with Crippen molar-refractivity contribution in [1.29, 1.82) is 5.26 Å². The number of ether oxygens (including phenoxy) is 2. The second kappa shape index (κ2) is 9.51. The lowest BCUT2D eigenvalue weighted by atomic mass is 10.1. The van der Waals surface area contributed by atoms with Gasteiger partial charge in [-0.3, -0.25) is 15.5 Å². The number of pyridine rings is 1. The maximum absolute atomic E-state index is 11.0. The lowest BCUT2D eigenvalue weighted by Crippen LogP contribution is -2.03. The fraction of sp³-hybridized carbons (Fsp3) is 0.190. The molecule has 2 aromatic heterocycles. The fourth-order valence-electron chi connectivity index (χ4n) is 2.94. The van der Waals surface area contributed by atoms with Crippen LogP contribution in [-0.2, 0) is 11.3 Å². The summed E-state index contributed by atoms with van der Waals surface area (Å²) in [6, 6.07) is 11.5. The first-order chi connectivity index (χ1) is 15.0. The summed E-state index contributed by atoms with van der Waals surface area (Å²) in [6.45, 7) is 2.09. The SMILES string of the molecule is COCc1cc(C)nc(N/N=C/c2ccc(-c3ccc([N+](=O)[O-])cc3OC)o2)c1C#N. The number of nitrogens with zero attached hydrogens (tertiary/aromatic N) is 4. The number of rotatable bonds is 8. The van der Waals surface area contributed by atoms with Gasteiger partial charge in [0.1, 0.15) is 28.9 Å². The van der Waals surface area contributed by atoms with Crippen molar-refractivity contribution in [2.45, 2.75) is 13.5 Å². The number of nitrogens with one attached hydrogen (secondary N) is 1. The third-order valence-corrected chi connectivity index (χ3v) is 4.29. The number of hydrogen-bond donors (Lipinski definition) is 1. The van der Waals surface area contributed by atoms with Crippen LogP contribution in [0.1, 0.15) is 22.6 Å². The number of methoxy groups -OCH3 is 2. The molecule has 0 atom stereocenters. The molecular weight excluding hydrogens is 402 g/mol. The van der Waals surface area contributed by atoms with E-state index in [9.17, 15) is 15.4 Å². The molecule has 10 nitrogen and oxygen atoms in total. The lowest BCUT2D eigenvalue weighted by molar-refractivity contribution is -0.384. The highest BCUT2D eigenvalue weighted by Gasteiger charge is 2.15. The summed E-state index contributed by atoms with van der Waals surface area (Å²) >= 11 is 0. The van der Waals surface area contributed by atoms with Gasteiger partial charge in [-0.25, -0.2) is 4.98 Å². The molecule has 1 N–H and O–H groups in total. The van der Waals surface area contributed by atoms with Crippen molar-refractivity contribution >= 4 is 17.7 Å². The Morgan fingerprint density at radius 2 is 2.13 bits per heavy atom. The summed E-state index contributed by atoms with van der Waals surface area (Å²) in [7, 11) is 2.98. The zero-order valence-corrected chi connectivity index (χ0v) is 17.1. The molecule has 0 amide bonds. The van der Waals surface area contributed by atoms with Crippen LogP contribution in [0.15, 0.2) is 45.9 Å². The average Bonchev–Trinajstić information content (AvgIpc) is 3.22. The maximum atomic E-state index is 11.0. The third kappa shape index (κ3) is 4.85. The maximum Gasteiger partial charge on any atom is 0.273 e. The topological polar surface area (TPSA) is 136 Å². The summed E-state index contributed by atoms with van der Waals surface area (Å²) in [4.78, 5) is 14.8. The van der Waals surface area contributed by atoms with Gasteiger partial charge in [-0.05, 0) is 31.2 Å². The predicted octanol–water partition coefficient (Wildman–Crippen LogP) is 4.03. The van der Waals surface area contributed by atoms with Crippen molar-refractivity contribution in [1.82, 2.24) is 4.98 Å². The van der Waals surface area contributed by atoms with Crippen molar-refractivity contribution in [3.8, 4) is 23.1 Å². The average molecular weight is 421 g/mol. The highest BCUT2D eigenvalue weighted by Crippen LogP contribution is 2.34. The zero-order valence-electron chi connectivity index (χ0n) is 17.1. The molecule has 0 saturated carbocycles. The normalized spacial score (nSPS) is 10.8. The minimum atomic E-state index is -0.495. The van der Waals surface area contributed by atoms with Crippen LogP contribution >= 0.6 is 0 Å². The number of hydrogen-bond acceptors (Lipinski definition) is 9. The first-order valence-corrected chi connectivity index (χ1v) is 9.08. The molecule has 158 valence electrons. The van der Waals surface area contributed by atoms with Crippen molar-refractivity contribution in [3.63, 3.8) is 0 Å². The van der Waals surface area contributed by atoms with Crippen LogP contribution in [0, 0.1) is 28.4 Å². The number of nitro groups is 1. The molecule has 0 bridgehead atoms. The van der Waals surface area contributed by atoms with Gasteiger partial charge in [0, 0.05) is 24.4 Å². The third-order valence-electron chi connectivity index (χ3n) is 4.29. The van der Waals surface area contributed by atoms with E-state index < -0.39 is 4.92 Å². The summed E-state index contributed by atoms with van der Waals surface area (Å²) in [5, 5.41) is 24.5. The Morgan fingerprint density at radius 3 is 2.81 bits per heavy atom. The second-order valence-corrected chi connectivity index (χ2v) is 6.40. The van der Waals surface area contributed by atoms with Gasteiger partial charge in [0.25, 0.3) is 5.69 Å². The summed E-state index contributed by atoms with van der Waals surface area (Å²) < 4.78 is 16.1. The molecule has 3 rings (SSSR count). The predicted molar refractivity (Wildman–Crippen MR) is 113 cm³/mol. The van der Waals surface area contributed by atoms with Gasteiger partial charge >= 0.3 is 0 Å².